The van der Waals surface area contributed by atoms with Crippen molar-refractivity contribution in [1.29, 1.82) is 0 Å². The summed E-state index contributed by atoms with van der Waals surface area (Å²) in [7, 11) is 0. The quantitative estimate of drug-likeness (QED) is 0.529. The lowest BCUT2D eigenvalue weighted by Gasteiger charge is -2.19. The third-order valence-corrected chi connectivity index (χ3v) is 5.54. The summed E-state index contributed by atoms with van der Waals surface area (Å²) in [6.45, 7) is 5.05. The van der Waals surface area contributed by atoms with Crippen LogP contribution in [0.3, 0.4) is 0 Å². The van der Waals surface area contributed by atoms with Crippen LogP contribution in [-0.2, 0) is 11.0 Å². The molecule has 1 unspecified atom stereocenters. The molecule has 2 aromatic carbocycles. The van der Waals surface area contributed by atoms with Gasteiger partial charge >= 0.3 is 6.18 Å². The minimum Gasteiger partial charge on any atom is -0.273 e. The number of benzene rings is 2. The summed E-state index contributed by atoms with van der Waals surface area (Å²) in [6.07, 6.45) is -4.56. The Morgan fingerprint density at radius 3 is 2.32 bits per heavy atom. The number of nitrogens with one attached hydrogen (secondary N) is 1. The number of halogens is 5. The van der Waals surface area contributed by atoms with Gasteiger partial charge in [-0.1, -0.05) is 43.1 Å². The number of carbonyl (C=O) groups is 1. The molecule has 164 valence electrons. The van der Waals surface area contributed by atoms with Gasteiger partial charge in [0.25, 0.3) is 5.56 Å². The monoisotopic (exact) mass is 471 g/mol. The summed E-state index contributed by atoms with van der Waals surface area (Å²) in [5, 5.41) is 0.583. The molecule has 5 nitrogen and oxygen atoms in total. The molecule has 0 radical (unpaired) electrons. The van der Waals surface area contributed by atoms with Gasteiger partial charge in [-0.15, -0.1) is 0 Å². The van der Waals surface area contributed by atoms with Crippen molar-refractivity contribution in [1.82, 2.24) is 9.66 Å². The van der Waals surface area contributed by atoms with Gasteiger partial charge in [-0.3, -0.25) is 15.0 Å². The average molecular weight is 472 g/mol. The maximum absolute atomic E-state index is 13.0. The van der Waals surface area contributed by atoms with Crippen molar-refractivity contribution in [3.05, 3.63) is 73.7 Å². The highest BCUT2D eigenvalue weighted by molar-refractivity contribution is 6.42. The molecule has 10 heteroatoms. The third-order valence-electron chi connectivity index (χ3n) is 4.80. The lowest BCUT2D eigenvalue weighted by atomic mass is 10.0. The fraction of sp³-hybridized carbons (Fsp3) is 0.286. The summed E-state index contributed by atoms with van der Waals surface area (Å²) in [4.78, 5) is 30.1. The van der Waals surface area contributed by atoms with Gasteiger partial charge in [-0.05, 0) is 42.8 Å². The van der Waals surface area contributed by atoms with E-state index in [2.05, 4.69) is 10.4 Å². The normalized spacial score (nSPS) is 12.9. The van der Waals surface area contributed by atoms with E-state index in [0.29, 0.717) is 10.6 Å². The van der Waals surface area contributed by atoms with Gasteiger partial charge in [-0.2, -0.15) is 13.2 Å². The third kappa shape index (κ3) is 4.70. The molecule has 1 N–H and O–H groups in total. The predicted octanol–water partition coefficient (Wildman–Crippen LogP) is 5.72. The van der Waals surface area contributed by atoms with Gasteiger partial charge < -0.3 is 0 Å². The Kier molecular flexibility index (Phi) is 6.34. The van der Waals surface area contributed by atoms with E-state index in [0.717, 1.165) is 22.9 Å². The molecule has 31 heavy (non-hydrogen) atoms. The van der Waals surface area contributed by atoms with Gasteiger partial charge in [0.05, 0.1) is 32.4 Å². The van der Waals surface area contributed by atoms with Gasteiger partial charge in [0.2, 0.25) is 5.91 Å². The summed E-state index contributed by atoms with van der Waals surface area (Å²) in [6, 6.07) is 7.45. The van der Waals surface area contributed by atoms with Crippen molar-refractivity contribution >= 4 is 40.0 Å². The SMILES string of the molecule is CC(C)c1nc2cc(C(F)(F)F)ccc2c(=O)n1NC(=O)C(C)c1ccc(Cl)c(Cl)c1. The Balaban J connectivity index is 2.05. The number of aromatic nitrogens is 2. The Bertz CT molecular complexity index is 1220. The molecule has 0 aliphatic rings. The number of amides is 1. The molecule has 0 spiro atoms. The molecule has 0 aliphatic carbocycles. The standard InChI is InChI=1S/C21H18Cl2F3N3O2/c1-10(2)18-27-17-9-13(21(24,25)26)5-6-14(17)20(31)29(18)28-19(30)11(3)12-4-7-15(22)16(23)8-12/h4-11H,1-3H3,(H,28,30). The van der Waals surface area contributed by atoms with E-state index in [1.165, 1.54) is 0 Å². The summed E-state index contributed by atoms with van der Waals surface area (Å²) in [5.74, 6) is -1.43. The molecular weight excluding hydrogens is 454 g/mol. The van der Waals surface area contributed by atoms with E-state index < -0.39 is 29.1 Å². The van der Waals surface area contributed by atoms with Gasteiger partial charge in [-0.25, -0.2) is 9.66 Å². The maximum Gasteiger partial charge on any atom is 0.416 e. The van der Waals surface area contributed by atoms with Gasteiger partial charge in [0.15, 0.2) is 0 Å². The zero-order valence-electron chi connectivity index (χ0n) is 16.7. The molecule has 0 saturated heterocycles. The van der Waals surface area contributed by atoms with Crippen LogP contribution in [0.25, 0.3) is 10.9 Å². The fourth-order valence-corrected chi connectivity index (χ4v) is 3.32. The molecule has 3 rings (SSSR count). The molecular formula is C21H18Cl2F3N3O2. The lowest BCUT2D eigenvalue weighted by molar-refractivity contribution is -0.137. The predicted molar refractivity (Wildman–Crippen MR) is 114 cm³/mol. The van der Waals surface area contributed by atoms with E-state index in [9.17, 15) is 22.8 Å². The van der Waals surface area contributed by atoms with E-state index in [-0.39, 0.29) is 27.7 Å². The van der Waals surface area contributed by atoms with Crippen molar-refractivity contribution in [2.45, 2.75) is 38.8 Å². The van der Waals surface area contributed by atoms with Gasteiger partial charge in [0.1, 0.15) is 5.82 Å². The first-order valence-electron chi connectivity index (χ1n) is 9.30. The second-order valence-corrected chi connectivity index (χ2v) is 8.18. The highest BCUT2D eigenvalue weighted by atomic mass is 35.5. The Morgan fingerprint density at radius 1 is 1.06 bits per heavy atom. The van der Waals surface area contributed by atoms with E-state index in [1.807, 2.05) is 0 Å². The van der Waals surface area contributed by atoms with Crippen molar-refractivity contribution in [2.75, 3.05) is 5.43 Å². The highest BCUT2D eigenvalue weighted by Crippen LogP contribution is 2.31. The van der Waals surface area contributed by atoms with Crippen LogP contribution in [0.2, 0.25) is 10.0 Å². The molecule has 0 aliphatic heterocycles. The zero-order valence-corrected chi connectivity index (χ0v) is 18.2. The molecule has 3 aromatic rings. The second-order valence-electron chi connectivity index (χ2n) is 7.37. The first-order valence-corrected chi connectivity index (χ1v) is 10.1. The minimum atomic E-state index is -4.56. The highest BCUT2D eigenvalue weighted by Gasteiger charge is 2.31. The summed E-state index contributed by atoms with van der Waals surface area (Å²) < 4.78 is 40.1. The topological polar surface area (TPSA) is 64.0 Å². The van der Waals surface area contributed by atoms with Crippen molar-refractivity contribution in [3.8, 4) is 0 Å². The lowest BCUT2D eigenvalue weighted by Crippen LogP contribution is -2.38. The van der Waals surface area contributed by atoms with Crippen molar-refractivity contribution in [2.24, 2.45) is 0 Å². The number of hydrogen-bond acceptors (Lipinski definition) is 3. The largest absolute Gasteiger partial charge is 0.416 e. The molecule has 1 amide bonds. The molecule has 1 aromatic heterocycles. The average Bonchev–Trinajstić information content (AvgIpc) is 2.70. The van der Waals surface area contributed by atoms with Crippen molar-refractivity contribution in [3.63, 3.8) is 0 Å². The Hall–Kier alpha value is -2.58. The molecule has 0 fully saturated rings. The Morgan fingerprint density at radius 2 is 1.74 bits per heavy atom. The van der Waals surface area contributed by atoms with Crippen LogP contribution >= 0.6 is 23.2 Å². The smallest absolute Gasteiger partial charge is 0.273 e. The molecule has 0 saturated carbocycles. The summed E-state index contributed by atoms with van der Waals surface area (Å²) in [5.41, 5.74) is 1.45. The molecule has 1 heterocycles. The number of fused-ring (bicyclic) bond motifs is 1. The van der Waals surface area contributed by atoms with Crippen LogP contribution in [-0.4, -0.2) is 15.6 Å². The van der Waals surface area contributed by atoms with Crippen LogP contribution in [0.5, 0.6) is 0 Å². The van der Waals surface area contributed by atoms with E-state index >= 15 is 0 Å². The number of alkyl halides is 3. The zero-order chi connectivity index (χ0) is 23.1. The number of rotatable bonds is 4. The maximum atomic E-state index is 13.0. The van der Waals surface area contributed by atoms with Gasteiger partial charge in [0, 0.05) is 5.92 Å². The van der Waals surface area contributed by atoms with Crippen LogP contribution in [0, 0.1) is 0 Å². The van der Waals surface area contributed by atoms with E-state index in [4.69, 9.17) is 23.2 Å². The first kappa shape index (κ1) is 23.1. The van der Waals surface area contributed by atoms with E-state index in [1.54, 1.807) is 39.0 Å². The van der Waals surface area contributed by atoms with Crippen LogP contribution < -0.4 is 11.0 Å². The molecule has 0 bridgehead atoms. The number of carbonyl (C=O) groups excluding carboxylic acids is 1. The first-order chi connectivity index (χ1) is 14.4. The van der Waals surface area contributed by atoms with Crippen molar-refractivity contribution < 1.29 is 18.0 Å². The second kappa shape index (κ2) is 8.51. The number of hydrogen-bond donors (Lipinski definition) is 1. The summed E-state index contributed by atoms with van der Waals surface area (Å²) >= 11 is 11.9. The molecule has 1 atom stereocenters. The fourth-order valence-electron chi connectivity index (χ4n) is 3.01. The Labute approximate surface area is 185 Å². The van der Waals surface area contributed by atoms with Crippen LogP contribution in [0.15, 0.2) is 41.2 Å². The van der Waals surface area contributed by atoms with Crippen LogP contribution in [0.1, 0.15) is 49.6 Å². The number of nitrogens with zero attached hydrogens (tertiary/aromatic N) is 2. The minimum absolute atomic E-state index is 0.0418. The van der Waals surface area contributed by atoms with Crippen LogP contribution in [0.4, 0.5) is 13.2 Å².